The number of imidazole rings is 1. The molecule has 90 valence electrons. The van der Waals surface area contributed by atoms with Crippen molar-refractivity contribution >= 4 is 27.7 Å². The van der Waals surface area contributed by atoms with Crippen molar-refractivity contribution in [1.29, 1.82) is 0 Å². The Labute approximate surface area is 103 Å². The second-order valence-corrected chi connectivity index (χ2v) is 5.62. The molecule has 5 heteroatoms. The maximum Gasteiger partial charge on any atom is 0.346 e. The maximum atomic E-state index is 10.8. The van der Waals surface area contributed by atoms with E-state index in [9.17, 15) is 4.79 Å². The highest BCUT2D eigenvalue weighted by Crippen LogP contribution is 2.33. The standard InChI is InChI=1S/C12H14N2O2S/c15-12(16)9-6-8-11(17-9)14-10(13-8)7-4-2-1-3-5-7/h6-7H,1-5H2,(H,13,14)(H,15,16). The second-order valence-electron chi connectivity index (χ2n) is 4.59. The van der Waals surface area contributed by atoms with E-state index in [1.807, 2.05) is 0 Å². The third-order valence-electron chi connectivity index (χ3n) is 3.40. The van der Waals surface area contributed by atoms with Crippen LogP contribution in [0.3, 0.4) is 0 Å². The van der Waals surface area contributed by atoms with Crippen LogP contribution in [-0.4, -0.2) is 21.0 Å². The van der Waals surface area contributed by atoms with Crippen molar-refractivity contribution in [2.24, 2.45) is 0 Å². The normalized spacial score (nSPS) is 17.6. The summed E-state index contributed by atoms with van der Waals surface area (Å²) in [4.78, 5) is 19.8. The summed E-state index contributed by atoms with van der Waals surface area (Å²) in [6.07, 6.45) is 6.28. The van der Waals surface area contributed by atoms with Gasteiger partial charge in [0.05, 0.1) is 5.52 Å². The summed E-state index contributed by atoms with van der Waals surface area (Å²) >= 11 is 1.25. The number of fused-ring (bicyclic) bond motifs is 1. The van der Waals surface area contributed by atoms with Gasteiger partial charge < -0.3 is 10.1 Å². The number of carboxylic acids is 1. The Morgan fingerprint density at radius 3 is 2.82 bits per heavy atom. The Morgan fingerprint density at radius 2 is 2.18 bits per heavy atom. The van der Waals surface area contributed by atoms with Crippen LogP contribution in [0.15, 0.2) is 6.07 Å². The molecule has 17 heavy (non-hydrogen) atoms. The molecule has 1 aliphatic rings. The van der Waals surface area contributed by atoms with E-state index in [0.717, 1.165) is 16.2 Å². The van der Waals surface area contributed by atoms with Gasteiger partial charge in [0.15, 0.2) is 0 Å². The minimum Gasteiger partial charge on any atom is -0.477 e. The molecular formula is C12H14N2O2S. The highest BCUT2D eigenvalue weighted by Gasteiger charge is 2.20. The van der Waals surface area contributed by atoms with E-state index in [1.165, 1.54) is 43.4 Å². The van der Waals surface area contributed by atoms with Crippen molar-refractivity contribution in [2.75, 3.05) is 0 Å². The molecule has 0 unspecified atom stereocenters. The second kappa shape index (κ2) is 4.14. The minimum absolute atomic E-state index is 0.356. The summed E-state index contributed by atoms with van der Waals surface area (Å²) in [5.41, 5.74) is 0.868. The van der Waals surface area contributed by atoms with E-state index >= 15 is 0 Å². The van der Waals surface area contributed by atoms with E-state index in [-0.39, 0.29) is 0 Å². The number of carboxylic acid groups (broad SMARTS) is 1. The summed E-state index contributed by atoms with van der Waals surface area (Å²) in [7, 11) is 0. The molecule has 2 N–H and O–H groups in total. The van der Waals surface area contributed by atoms with Crippen molar-refractivity contribution in [2.45, 2.75) is 38.0 Å². The summed E-state index contributed by atoms with van der Waals surface area (Å²) in [5, 5.41) is 8.89. The van der Waals surface area contributed by atoms with Gasteiger partial charge in [-0.2, -0.15) is 0 Å². The molecule has 0 spiro atoms. The number of rotatable bonds is 2. The minimum atomic E-state index is -0.874. The highest BCUT2D eigenvalue weighted by atomic mass is 32.1. The predicted octanol–water partition coefficient (Wildman–Crippen LogP) is 3.37. The van der Waals surface area contributed by atoms with Gasteiger partial charge in [-0.05, 0) is 18.9 Å². The zero-order valence-corrected chi connectivity index (χ0v) is 10.2. The average molecular weight is 250 g/mol. The molecule has 0 aliphatic heterocycles. The smallest absolute Gasteiger partial charge is 0.346 e. The van der Waals surface area contributed by atoms with Gasteiger partial charge in [-0.3, -0.25) is 0 Å². The Morgan fingerprint density at radius 1 is 1.41 bits per heavy atom. The van der Waals surface area contributed by atoms with Gasteiger partial charge in [0.2, 0.25) is 0 Å². The molecule has 0 saturated heterocycles. The monoisotopic (exact) mass is 250 g/mol. The van der Waals surface area contributed by atoms with Crippen LogP contribution in [0.25, 0.3) is 10.3 Å². The van der Waals surface area contributed by atoms with Crippen LogP contribution in [0.2, 0.25) is 0 Å². The number of hydrogen-bond donors (Lipinski definition) is 2. The molecule has 0 amide bonds. The first-order valence-corrected chi connectivity index (χ1v) is 6.78. The largest absolute Gasteiger partial charge is 0.477 e. The zero-order chi connectivity index (χ0) is 11.8. The van der Waals surface area contributed by atoms with E-state index in [2.05, 4.69) is 9.97 Å². The molecule has 1 aliphatic carbocycles. The Kier molecular flexibility index (Phi) is 2.63. The molecular weight excluding hydrogens is 236 g/mol. The molecule has 0 aromatic carbocycles. The quantitative estimate of drug-likeness (QED) is 0.858. The predicted molar refractivity (Wildman–Crippen MR) is 66.8 cm³/mol. The molecule has 2 aromatic heterocycles. The van der Waals surface area contributed by atoms with E-state index in [1.54, 1.807) is 6.07 Å². The molecule has 1 saturated carbocycles. The fourth-order valence-electron chi connectivity index (χ4n) is 2.50. The van der Waals surface area contributed by atoms with Crippen LogP contribution in [0.1, 0.15) is 53.5 Å². The van der Waals surface area contributed by atoms with Gasteiger partial charge in [0, 0.05) is 5.92 Å². The fraction of sp³-hybridized carbons (Fsp3) is 0.500. The average Bonchev–Trinajstić information content (AvgIpc) is 2.87. The molecule has 2 aromatic rings. The number of aromatic carboxylic acids is 1. The summed E-state index contributed by atoms with van der Waals surface area (Å²) in [6, 6.07) is 1.68. The first-order valence-electron chi connectivity index (χ1n) is 5.97. The number of hydrogen-bond acceptors (Lipinski definition) is 3. The third kappa shape index (κ3) is 1.95. The summed E-state index contributed by atoms with van der Waals surface area (Å²) < 4.78 is 0. The highest BCUT2D eigenvalue weighted by molar-refractivity contribution is 7.20. The topological polar surface area (TPSA) is 66.0 Å². The van der Waals surface area contributed by atoms with E-state index < -0.39 is 5.97 Å². The van der Waals surface area contributed by atoms with Crippen molar-refractivity contribution in [3.8, 4) is 0 Å². The van der Waals surface area contributed by atoms with Gasteiger partial charge in [0.25, 0.3) is 0 Å². The van der Waals surface area contributed by atoms with Crippen molar-refractivity contribution in [3.05, 3.63) is 16.8 Å². The molecule has 1 fully saturated rings. The Hall–Kier alpha value is -1.36. The van der Waals surface area contributed by atoms with Crippen LogP contribution in [0.4, 0.5) is 0 Å². The Bertz CT molecular complexity index is 520. The lowest BCUT2D eigenvalue weighted by Gasteiger charge is -2.18. The molecule has 0 bridgehead atoms. The van der Waals surface area contributed by atoms with Gasteiger partial charge in [-0.15, -0.1) is 11.3 Å². The van der Waals surface area contributed by atoms with Crippen molar-refractivity contribution in [3.63, 3.8) is 0 Å². The number of aromatic nitrogens is 2. The number of carbonyl (C=O) groups is 1. The molecule has 0 atom stereocenters. The van der Waals surface area contributed by atoms with Gasteiger partial charge in [-0.1, -0.05) is 19.3 Å². The van der Waals surface area contributed by atoms with Crippen LogP contribution in [0, 0.1) is 0 Å². The first kappa shape index (κ1) is 10.8. The third-order valence-corrected chi connectivity index (χ3v) is 4.42. The lowest BCUT2D eigenvalue weighted by molar-refractivity contribution is 0.0702. The zero-order valence-electron chi connectivity index (χ0n) is 9.40. The van der Waals surface area contributed by atoms with Crippen LogP contribution in [-0.2, 0) is 0 Å². The summed E-state index contributed by atoms with van der Waals surface area (Å²) in [5.74, 6) is 0.708. The van der Waals surface area contributed by atoms with Crippen molar-refractivity contribution in [1.82, 2.24) is 9.97 Å². The number of nitrogens with one attached hydrogen (secondary N) is 1. The van der Waals surface area contributed by atoms with Gasteiger partial charge in [-0.25, -0.2) is 9.78 Å². The van der Waals surface area contributed by atoms with Crippen LogP contribution >= 0.6 is 11.3 Å². The molecule has 0 radical (unpaired) electrons. The van der Waals surface area contributed by atoms with Gasteiger partial charge >= 0.3 is 5.97 Å². The molecule has 2 heterocycles. The van der Waals surface area contributed by atoms with Crippen molar-refractivity contribution < 1.29 is 9.90 Å². The Balaban J connectivity index is 1.91. The van der Waals surface area contributed by atoms with Gasteiger partial charge in [0.1, 0.15) is 15.5 Å². The lowest BCUT2D eigenvalue weighted by atomic mass is 9.89. The molecule has 4 nitrogen and oxygen atoms in total. The number of thiophene rings is 1. The maximum absolute atomic E-state index is 10.8. The SMILES string of the molecule is O=C(O)c1cc2[nH]c(C3CCCCC3)nc2s1. The number of nitrogens with zero attached hydrogens (tertiary/aromatic N) is 1. The lowest BCUT2D eigenvalue weighted by Crippen LogP contribution is -2.06. The van der Waals surface area contributed by atoms with Crippen LogP contribution in [0.5, 0.6) is 0 Å². The summed E-state index contributed by atoms with van der Waals surface area (Å²) in [6.45, 7) is 0. The van der Waals surface area contributed by atoms with Crippen LogP contribution < -0.4 is 0 Å². The number of H-pyrrole nitrogens is 1. The number of aromatic amines is 1. The van der Waals surface area contributed by atoms with E-state index in [4.69, 9.17) is 5.11 Å². The first-order chi connectivity index (χ1) is 8.24. The molecule has 3 rings (SSSR count). The van der Waals surface area contributed by atoms with E-state index in [0.29, 0.717) is 10.8 Å². The fourth-order valence-corrected chi connectivity index (χ4v) is 3.34.